The summed E-state index contributed by atoms with van der Waals surface area (Å²) >= 11 is 2.21. The molecule has 27 heavy (non-hydrogen) atoms. The van der Waals surface area contributed by atoms with E-state index in [1.807, 2.05) is 65.6 Å². The van der Waals surface area contributed by atoms with Gasteiger partial charge in [-0.1, -0.05) is 30.3 Å². The lowest BCUT2D eigenvalue weighted by atomic mass is 10.1. The molecule has 6 heteroatoms. The number of rotatable bonds is 9. The Balaban J connectivity index is 1.53. The highest BCUT2D eigenvalue weighted by Crippen LogP contribution is 2.22. The molecule has 140 valence electrons. The van der Waals surface area contributed by atoms with Gasteiger partial charge >= 0.3 is 0 Å². The lowest BCUT2D eigenvalue weighted by Gasteiger charge is -2.12. The molecule has 0 radical (unpaired) electrons. The molecule has 0 spiro atoms. The van der Waals surface area contributed by atoms with E-state index in [-0.39, 0.29) is 5.91 Å². The van der Waals surface area contributed by atoms with Gasteiger partial charge in [0, 0.05) is 29.1 Å². The zero-order chi connectivity index (χ0) is 18.9. The van der Waals surface area contributed by atoms with Crippen molar-refractivity contribution in [2.45, 2.75) is 25.9 Å². The van der Waals surface area contributed by atoms with Gasteiger partial charge in [0.2, 0.25) is 0 Å². The molecule has 0 fully saturated rings. The van der Waals surface area contributed by atoms with Gasteiger partial charge in [-0.3, -0.25) is 4.79 Å². The average molecular weight is 475 g/mol. The summed E-state index contributed by atoms with van der Waals surface area (Å²) in [7, 11) is 0. The van der Waals surface area contributed by atoms with Crippen molar-refractivity contribution >= 4 is 28.5 Å². The van der Waals surface area contributed by atoms with Crippen molar-refractivity contribution in [3.8, 4) is 5.75 Å². The average Bonchev–Trinajstić information content (AvgIpc) is 3.21. The number of halogens is 1. The minimum absolute atomic E-state index is 0.120. The van der Waals surface area contributed by atoms with Gasteiger partial charge in [-0.15, -0.1) is 0 Å². The van der Waals surface area contributed by atoms with E-state index in [0.29, 0.717) is 24.5 Å². The van der Waals surface area contributed by atoms with Crippen LogP contribution in [0.15, 0.2) is 67.3 Å². The number of benzene rings is 2. The van der Waals surface area contributed by atoms with E-state index >= 15 is 0 Å². The molecule has 0 aliphatic heterocycles. The van der Waals surface area contributed by atoms with Gasteiger partial charge in [0.05, 0.1) is 18.5 Å². The predicted molar refractivity (Wildman–Crippen MR) is 114 cm³/mol. The van der Waals surface area contributed by atoms with Crippen LogP contribution in [-0.2, 0) is 13.1 Å². The second-order valence-electron chi connectivity index (χ2n) is 6.16. The largest absolute Gasteiger partial charge is 0.493 e. The topological polar surface area (TPSA) is 56.1 Å². The fourth-order valence-electron chi connectivity index (χ4n) is 2.68. The van der Waals surface area contributed by atoms with Crippen LogP contribution in [0.2, 0.25) is 0 Å². The molecular weight excluding hydrogens is 453 g/mol. The number of hydrogen-bond acceptors (Lipinski definition) is 3. The van der Waals surface area contributed by atoms with Crippen LogP contribution in [0.5, 0.6) is 5.75 Å². The van der Waals surface area contributed by atoms with Crippen molar-refractivity contribution in [1.29, 1.82) is 0 Å². The SMILES string of the molecule is O=C(NCc1ccccc1)c1cc(I)ccc1OCCCCn1ccnc1. The Morgan fingerprint density at radius 1 is 1.15 bits per heavy atom. The normalized spacial score (nSPS) is 10.6. The summed E-state index contributed by atoms with van der Waals surface area (Å²) in [5.41, 5.74) is 1.64. The van der Waals surface area contributed by atoms with Gasteiger partial charge in [0.25, 0.3) is 5.91 Å². The van der Waals surface area contributed by atoms with Crippen LogP contribution in [0, 0.1) is 3.57 Å². The van der Waals surface area contributed by atoms with E-state index in [9.17, 15) is 4.79 Å². The number of carbonyl (C=O) groups excluding carboxylic acids is 1. The van der Waals surface area contributed by atoms with E-state index in [4.69, 9.17) is 4.74 Å². The highest BCUT2D eigenvalue weighted by atomic mass is 127. The minimum Gasteiger partial charge on any atom is -0.493 e. The monoisotopic (exact) mass is 475 g/mol. The zero-order valence-corrected chi connectivity index (χ0v) is 17.1. The Hall–Kier alpha value is -2.35. The lowest BCUT2D eigenvalue weighted by Crippen LogP contribution is -2.23. The van der Waals surface area contributed by atoms with Crippen LogP contribution in [0.1, 0.15) is 28.8 Å². The number of hydrogen-bond donors (Lipinski definition) is 1. The van der Waals surface area contributed by atoms with Gasteiger partial charge in [-0.2, -0.15) is 0 Å². The molecule has 5 nitrogen and oxygen atoms in total. The number of aromatic nitrogens is 2. The van der Waals surface area contributed by atoms with Gasteiger partial charge in [0.15, 0.2) is 0 Å². The summed E-state index contributed by atoms with van der Waals surface area (Å²) < 4.78 is 8.95. The van der Waals surface area contributed by atoms with E-state index < -0.39 is 0 Å². The maximum absolute atomic E-state index is 12.6. The fraction of sp³-hybridized carbons (Fsp3) is 0.238. The minimum atomic E-state index is -0.120. The van der Waals surface area contributed by atoms with E-state index in [1.165, 1.54) is 0 Å². The zero-order valence-electron chi connectivity index (χ0n) is 15.0. The van der Waals surface area contributed by atoms with E-state index in [2.05, 4.69) is 32.9 Å². The molecule has 0 aliphatic carbocycles. The molecule has 1 heterocycles. The molecule has 0 bridgehead atoms. The molecule has 3 aromatic rings. The van der Waals surface area contributed by atoms with Gasteiger partial charge in [0.1, 0.15) is 5.75 Å². The van der Waals surface area contributed by atoms with Crippen LogP contribution < -0.4 is 10.1 Å². The number of imidazole rings is 1. The molecule has 2 aromatic carbocycles. The van der Waals surface area contributed by atoms with Crippen molar-refractivity contribution in [3.63, 3.8) is 0 Å². The summed E-state index contributed by atoms with van der Waals surface area (Å²) in [6.07, 6.45) is 7.46. The summed E-state index contributed by atoms with van der Waals surface area (Å²) in [4.78, 5) is 16.7. The molecule has 0 aliphatic rings. The van der Waals surface area contributed by atoms with Crippen LogP contribution >= 0.6 is 22.6 Å². The molecule has 1 aromatic heterocycles. The Morgan fingerprint density at radius 2 is 2.00 bits per heavy atom. The highest BCUT2D eigenvalue weighted by Gasteiger charge is 2.13. The van der Waals surface area contributed by atoms with Crippen molar-refractivity contribution in [2.24, 2.45) is 0 Å². The molecule has 1 amide bonds. The molecule has 0 atom stereocenters. The Kier molecular flexibility index (Phi) is 7.27. The maximum Gasteiger partial charge on any atom is 0.255 e. The first-order chi connectivity index (χ1) is 13.2. The summed E-state index contributed by atoms with van der Waals surface area (Å²) in [5.74, 6) is 0.509. The third-order valence-electron chi connectivity index (χ3n) is 4.11. The van der Waals surface area contributed by atoms with Crippen LogP contribution in [0.25, 0.3) is 0 Å². The first-order valence-electron chi connectivity index (χ1n) is 8.92. The first kappa shape index (κ1) is 19.4. The molecule has 0 saturated heterocycles. The Bertz CT molecular complexity index is 851. The van der Waals surface area contributed by atoms with Crippen LogP contribution in [0.3, 0.4) is 0 Å². The Morgan fingerprint density at radius 3 is 2.78 bits per heavy atom. The molecule has 1 N–H and O–H groups in total. The Labute approximate surface area is 172 Å². The number of unbranched alkanes of at least 4 members (excludes halogenated alkanes) is 1. The number of nitrogens with zero attached hydrogens (tertiary/aromatic N) is 2. The summed E-state index contributed by atoms with van der Waals surface area (Å²) in [6, 6.07) is 15.6. The van der Waals surface area contributed by atoms with Crippen molar-refractivity contribution < 1.29 is 9.53 Å². The van der Waals surface area contributed by atoms with Crippen molar-refractivity contribution in [2.75, 3.05) is 6.61 Å². The third kappa shape index (κ3) is 6.09. The molecule has 3 rings (SSSR count). The summed E-state index contributed by atoms with van der Waals surface area (Å²) in [5, 5.41) is 2.97. The molecular formula is C21H22IN3O2. The fourth-order valence-corrected chi connectivity index (χ4v) is 3.17. The van der Waals surface area contributed by atoms with Crippen molar-refractivity contribution in [3.05, 3.63) is 81.9 Å². The smallest absolute Gasteiger partial charge is 0.255 e. The van der Waals surface area contributed by atoms with Crippen LogP contribution in [-0.4, -0.2) is 22.1 Å². The van der Waals surface area contributed by atoms with E-state index in [1.54, 1.807) is 6.20 Å². The highest BCUT2D eigenvalue weighted by molar-refractivity contribution is 14.1. The summed E-state index contributed by atoms with van der Waals surface area (Å²) in [6.45, 7) is 1.99. The quantitative estimate of drug-likeness (QED) is 0.372. The third-order valence-corrected chi connectivity index (χ3v) is 4.78. The maximum atomic E-state index is 12.6. The number of carbonyl (C=O) groups is 1. The number of aryl methyl sites for hydroxylation is 1. The lowest BCUT2D eigenvalue weighted by molar-refractivity contribution is 0.0946. The standard InChI is InChI=1S/C21H22IN3O2/c22-18-8-9-20(27-13-5-4-11-25-12-10-23-16-25)19(14-18)21(26)24-15-17-6-2-1-3-7-17/h1-3,6-10,12,14,16H,4-5,11,13,15H2,(H,24,26). The predicted octanol–water partition coefficient (Wildman–Crippen LogP) is 4.28. The number of ether oxygens (including phenoxy) is 1. The number of nitrogens with one attached hydrogen (secondary N) is 1. The van der Waals surface area contributed by atoms with Crippen LogP contribution in [0.4, 0.5) is 0 Å². The van der Waals surface area contributed by atoms with Gasteiger partial charge < -0.3 is 14.6 Å². The van der Waals surface area contributed by atoms with Gasteiger partial charge in [-0.25, -0.2) is 4.98 Å². The molecule has 0 saturated carbocycles. The van der Waals surface area contributed by atoms with E-state index in [0.717, 1.165) is 28.5 Å². The van der Waals surface area contributed by atoms with Gasteiger partial charge in [-0.05, 0) is 59.2 Å². The number of amides is 1. The van der Waals surface area contributed by atoms with Crippen molar-refractivity contribution in [1.82, 2.24) is 14.9 Å². The second kappa shape index (κ2) is 10.1. The first-order valence-corrected chi connectivity index (χ1v) is 10.0. The second-order valence-corrected chi connectivity index (χ2v) is 7.41. The molecule has 0 unspecified atom stereocenters.